The molecule has 0 radical (unpaired) electrons. The summed E-state index contributed by atoms with van der Waals surface area (Å²) in [6, 6.07) is 0. The van der Waals surface area contributed by atoms with Crippen LogP contribution in [0.3, 0.4) is 0 Å². The van der Waals surface area contributed by atoms with Crippen molar-refractivity contribution in [2.75, 3.05) is 0 Å². The first kappa shape index (κ1) is 11.0. The van der Waals surface area contributed by atoms with Gasteiger partial charge in [0.15, 0.2) is 0 Å². The highest BCUT2D eigenvalue weighted by Crippen LogP contribution is 2.49. The summed E-state index contributed by atoms with van der Waals surface area (Å²) in [6.07, 6.45) is 4.53. The first-order valence-electron chi connectivity index (χ1n) is 5.74. The molecule has 1 heteroatoms. The number of aliphatic hydroxyl groups excluding tert-OH is 1. The van der Waals surface area contributed by atoms with Gasteiger partial charge in [-0.25, -0.2) is 0 Å². The molecule has 4 atom stereocenters. The van der Waals surface area contributed by atoms with E-state index in [9.17, 15) is 5.11 Å². The third-order valence-electron chi connectivity index (χ3n) is 4.45. The van der Waals surface area contributed by atoms with E-state index in [4.69, 9.17) is 0 Å². The van der Waals surface area contributed by atoms with Crippen molar-refractivity contribution >= 4 is 0 Å². The van der Waals surface area contributed by atoms with Crippen LogP contribution in [0.2, 0.25) is 0 Å². The molecule has 0 amide bonds. The van der Waals surface area contributed by atoms with Crippen LogP contribution in [0.25, 0.3) is 0 Å². The van der Waals surface area contributed by atoms with E-state index in [2.05, 4.69) is 27.7 Å². The van der Waals surface area contributed by atoms with Gasteiger partial charge in [-0.3, -0.25) is 0 Å². The van der Waals surface area contributed by atoms with Gasteiger partial charge in [-0.1, -0.05) is 34.1 Å². The van der Waals surface area contributed by atoms with Gasteiger partial charge >= 0.3 is 0 Å². The van der Waals surface area contributed by atoms with Gasteiger partial charge in [0.25, 0.3) is 0 Å². The first-order chi connectivity index (χ1) is 6.06. The van der Waals surface area contributed by atoms with Crippen molar-refractivity contribution in [1.29, 1.82) is 0 Å². The Balaban J connectivity index is 2.75. The van der Waals surface area contributed by atoms with Gasteiger partial charge < -0.3 is 5.11 Å². The molecule has 1 rings (SSSR count). The van der Waals surface area contributed by atoms with Crippen molar-refractivity contribution in [3.63, 3.8) is 0 Å². The zero-order valence-corrected chi connectivity index (χ0v) is 9.51. The number of rotatable bonds is 3. The maximum absolute atomic E-state index is 9.96. The lowest BCUT2D eigenvalue weighted by Crippen LogP contribution is -2.34. The Bertz CT molecular complexity index is 167. The summed E-state index contributed by atoms with van der Waals surface area (Å²) < 4.78 is 0. The summed E-state index contributed by atoms with van der Waals surface area (Å²) in [5.74, 6) is 1.50. The Morgan fingerprint density at radius 2 is 2.00 bits per heavy atom. The standard InChI is InChI=1S/C12H24O/c1-5-9(3)10-7-8-11(13)12(10,4)6-2/h9-11,13H,5-8H2,1-4H3. The molecule has 1 aliphatic rings. The van der Waals surface area contributed by atoms with E-state index < -0.39 is 0 Å². The van der Waals surface area contributed by atoms with Gasteiger partial charge in [-0.05, 0) is 36.5 Å². The number of aliphatic hydroxyl groups is 1. The summed E-state index contributed by atoms with van der Waals surface area (Å²) in [5, 5.41) is 9.96. The monoisotopic (exact) mass is 184 g/mol. The topological polar surface area (TPSA) is 20.2 Å². The number of hydrogen-bond acceptors (Lipinski definition) is 1. The maximum Gasteiger partial charge on any atom is 0.0596 e. The second-order valence-corrected chi connectivity index (χ2v) is 4.94. The van der Waals surface area contributed by atoms with Crippen LogP contribution in [0.1, 0.15) is 53.4 Å². The fraction of sp³-hybridized carbons (Fsp3) is 1.00. The Labute approximate surface area is 82.5 Å². The quantitative estimate of drug-likeness (QED) is 0.714. The first-order valence-corrected chi connectivity index (χ1v) is 5.74. The molecule has 0 aromatic rings. The summed E-state index contributed by atoms with van der Waals surface area (Å²) >= 11 is 0. The Morgan fingerprint density at radius 3 is 2.46 bits per heavy atom. The van der Waals surface area contributed by atoms with Crippen LogP contribution in [0, 0.1) is 17.3 Å². The largest absolute Gasteiger partial charge is 0.393 e. The minimum Gasteiger partial charge on any atom is -0.393 e. The molecule has 0 aromatic carbocycles. The molecule has 0 spiro atoms. The highest BCUT2D eigenvalue weighted by molar-refractivity contribution is 4.95. The second-order valence-electron chi connectivity index (χ2n) is 4.94. The molecular formula is C12H24O. The van der Waals surface area contributed by atoms with Crippen molar-refractivity contribution in [1.82, 2.24) is 0 Å². The zero-order chi connectivity index (χ0) is 10.1. The lowest BCUT2D eigenvalue weighted by atomic mass is 9.70. The van der Waals surface area contributed by atoms with E-state index in [1.807, 2.05) is 0 Å². The van der Waals surface area contributed by atoms with Crippen LogP contribution >= 0.6 is 0 Å². The van der Waals surface area contributed by atoms with E-state index in [1.54, 1.807) is 0 Å². The third-order valence-corrected chi connectivity index (χ3v) is 4.45. The smallest absolute Gasteiger partial charge is 0.0596 e. The molecule has 0 bridgehead atoms. The predicted molar refractivity (Wildman–Crippen MR) is 56.6 cm³/mol. The second kappa shape index (κ2) is 4.00. The van der Waals surface area contributed by atoms with E-state index >= 15 is 0 Å². The molecule has 0 aliphatic heterocycles. The molecule has 1 saturated carbocycles. The van der Waals surface area contributed by atoms with Gasteiger partial charge in [-0.2, -0.15) is 0 Å². The highest BCUT2D eigenvalue weighted by atomic mass is 16.3. The van der Waals surface area contributed by atoms with Crippen molar-refractivity contribution in [2.45, 2.75) is 59.5 Å². The average molecular weight is 184 g/mol. The van der Waals surface area contributed by atoms with Gasteiger partial charge in [0.2, 0.25) is 0 Å². The summed E-state index contributed by atoms with van der Waals surface area (Å²) in [7, 11) is 0. The Kier molecular flexibility index (Phi) is 3.39. The molecule has 13 heavy (non-hydrogen) atoms. The van der Waals surface area contributed by atoms with Crippen LogP contribution in [0.15, 0.2) is 0 Å². The summed E-state index contributed by atoms with van der Waals surface area (Å²) in [4.78, 5) is 0. The lowest BCUT2D eigenvalue weighted by molar-refractivity contribution is 0.0198. The lowest BCUT2D eigenvalue weighted by Gasteiger charge is -2.36. The molecule has 1 N–H and O–H groups in total. The minimum absolute atomic E-state index is 0.0588. The van der Waals surface area contributed by atoms with E-state index in [0.717, 1.165) is 24.7 Å². The molecule has 1 aliphatic carbocycles. The molecule has 1 nitrogen and oxygen atoms in total. The van der Waals surface area contributed by atoms with Gasteiger partial charge in [0, 0.05) is 0 Å². The van der Waals surface area contributed by atoms with Crippen LogP contribution in [0.5, 0.6) is 0 Å². The van der Waals surface area contributed by atoms with Crippen LogP contribution < -0.4 is 0 Å². The fourth-order valence-corrected chi connectivity index (χ4v) is 2.96. The van der Waals surface area contributed by atoms with Crippen LogP contribution in [-0.4, -0.2) is 11.2 Å². The minimum atomic E-state index is -0.0588. The average Bonchev–Trinajstić information content (AvgIpc) is 2.43. The summed E-state index contributed by atoms with van der Waals surface area (Å²) in [5.41, 5.74) is 0.190. The zero-order valence-electron chi connectivity index (χ0n) is 9.51. The van der Waals surface area contributed by atoms with Crippen LogP contribution in [-0.2, 0) is 0 Å². The number of hydrogen-bond donors (Lipinski definition) is 1. The van der Waals surface area contributed by atoms with E-state index in [1.165, 1.54) is 12.8 Å². The molecule has 0 aromatic heterocycles. The maximum atomic E-state index is 9.96. The van der Waals surface area contributed by atoms with E-state index in [0.29, 0.717) is 0 Å². The molecule has 1 fully saturated rings. The molecule has 0 saturated heterocycles. The predicted octanol–water partition coefficient (Wildman–Crippen LogP) is 3.22. The van der Waals surface area contributed by atoms with Crippen molar-refractivity contribution in [2.24, 2.45) is 17.3 Å². The Morgan fingerprint density at radius 1 is 1.38 bits per heavy atom. The van der Waals surface area contributed by atoms with Crippen molar-refractivity contribution < 1.29 is 5.11 Å². The molecule has 78 valence electrons. The van der Waals surface area contributed by atoms with Gasteiger partial charge in [0.1, 0.15) is 0 Å². The van der Waals surface area contributed by atoms with Gasteiger partial charge in [0.05, 0.1) is 6.10 Å². The van der Waals surface area contributed by atoms with Crippen LogP contribution in [0.4, 0.5) is 0 Å². The summed E-state index contributed by atoms with van der Waals surface area (Å²) in [6.45, 7) is 9.06. The molecule has 0 heterocycles. The van der Waals surface area contributed by atoms with Crippen molar-refractivity contribution in [3.05, 3.63) is 0 Å². The fourth-order valence-electron chi connectivity index (χ4n) is 2.96. The Hall–Kier alpha value is -0.0400. The SMILES string of the molecule is CCC(C)C1CCC(O)C1(C)CC. The van der Waals surface area contributed by atoms with Gasteiger partial charge in [-0.15, -0.1) is 0 Å². The third kappa shape index (κ3) is 1.76. The normalized spacial score (nSPS) is 42.2. The highest BCUT2D eigenvalue weighted by Gasteiger charge is 2.45. The van der Waals surface area contributed by atoms with E-state index in [-0.39, 0.29) is 11.5 Å². The van der Waals surface area contributed by atoms with Crippen molar-refractivity contribution in [3.8, 4) is 0 Å². The molecule has 4 unspecified atom stereocenters. The molecular weight excluding hydrogens is 160 g/mol.